The van der Waals surface area contributed by atoms with E-state index in [1.807, 2.05) is 12.3 Å². The van der Waals surface area contributed by atoms with Crippen molar-refractivity contribution in [2.75, 3.05) is 13.7 Å². The summed E-state index contributed by atoms with van der Waals surface area (Å²) >= 11 is 0. The maximum atomic E-state index is 5.50. The molecule has 0 radical (unpaired) electrons. The molecule has 0 aliphatic heterocycles. The molecule has 0 saturated heterocycles. The molecule has 1 N–H and O–H groups in total. The van der Waals surface area contributed by atoms with Crippen molar-refractivity contribution in [2.45, 2.75) is 44.8 Å². The van der Waals surface area contributed by atoms with Gasteiger partial charge in [-0.2, -0.15) is 0 Å². The van der Waals surface area contributed by atoms with Crippen molar-refractivity contribution in [3.63, 3.8) is 0 Å². The molecular weight excluding hydrogens is 212 g/mol. The van der Waals surface area contributed by atoms with E-state index in [0.29, 0.717) is 12.0 Å². The minimum Gasteiger partial charge on any atom is -0.380 e. The zero-order valence-electron chi connectivity index (χ0n) is 10.9. The highest BCUT2D eigenvalue weighted by Gasteiger charge is 2.33. The molecule has 0 fully saturated rings. The number of methoxy groups -OCH3 is 1. The van der Waals surface area contributed by atoms with Crippen LogP contribution in [0.5, 0.6) is 0 Å². The Balaban J connectivity index is 2.21. The van der Waals surface area contributed by atoms with Gasteiger partial charge in [-0.15, -0.1) is 0 Å². The molecule has 3 nitrogen and oxygen atoms in total. The predicted octanol–water partition coefficient (Wildman–Crippen LogP) is 2.12. The van der Waals surface area contributed by atoms with Crippen LogP contribution < -0.4 is 5.32 Å². The van der Waals surface area contributed by atoms with Crippen LogP contribution in [0.4, 0.5) is 0 Å². The van der Waals surface area contributed by atoms with Crippen molar-refractivity contribution < 1.29 is 4.74 Å². The summed E-state index contributed by atoms with van der Waals surface area (Å²) in [7, 11) is 1.78. The molecule has 0 amide bonds. The zero-order valence-corrected chi connectivity index (χ0v) is 10.9. The summed E-state index contributed by atoms with van der Waals surface area (Å²) in [4.78, 5) is 4.56. The standard InChI is InChI=1S/C14H22N2O/c1-4-15-13(10(2)17-3)12-8-7-11-6-5-9-16-14(11)12/h5-6,9-10,12-13,15H,4,7-8H2,1-3H3. The molecular formula is C14H22N2O. The lowest BCUT2D eigenvalue weighted by molar-refractivity contribution is 0.0734. The van der Waals surface area contributed by atoms with E-state index >= 15 is 0 Å². The fourth-order valence-electron chi connectivity index (χ4n) is 2.81. The molecule has 0 bridgehead atoms. The van der Waals surface area contributed by atoms with Crippen LogP contribution in [-0.2, 0) is 11.2 Å². The Labute approximate surface area is 104 Å². The van der Waals surface area contributed by atoms with Crippen LogP contribution in [0.1, 0.15) is 37.4 Å². The van der Waals surface area contributed by atoms with Gasteiger partial charge in [-0.3, -0.25) is 4.98 Å². The quantitative estimate of drug-likeness (QED) is 0.847. The number of nitrogens with zero attached hydrogens (tertiary/aromatic N) is 1. The average molecular weight is 234 g/mol. The Hall–Kier alpha value is -0.930. The third-order valence-corrected chi connectivity index (χ3v) is 3.75. The van der Waals surface area contributed by atoms with Crippen molar-refractivity contribution >= 4 is 0 Å². The molecule has 1 aromatic heterocycles. The number of nitrogens with one attached hydrogen (secondary N) is 1. The number of likely N-dealkylation sites (N-methyl/N-ethyl adjacent to an activating group) is 1. The fourth-order valence-corrected chi connectivity index (χ4v) is 2.81. The van der Waals surface area contributed by atoms with Crippen molar-refractivity contribution in [2.24, 2.45) is 0 Å². The Morgan fingerprint density at radius 2 is 2.41 bits per heavy atom. The van der Waals surface area contributed by atoms with E-state index in [4.69, 9.17) is 4.74 Å². The van der Waals surface area contributed by atoms with Gasteiger partial charge < -0.3 is 10.1 Å². The number of ether oxygens (including phenoxy) is 1. The van der Waals surface area contributed by atoms with Gasteiger partial charge in [0.25, 0.3) is 0 Å². The molecule has 1 heterocycles. The van der Waals surface area contributed by atoms with Gasteiger partial charge in [-0.05, 0) is 37.9 Å². The molecule has 3 heteroatoms. The lowest BCUT2D eigenvalue weighted by atomic mass is 9.93. The third-order valence-electron chi connectivity index (χ3n) is 3.75. The van der Waals surface area contributed by atoms with E-state index < -0.39 is 0 Å². The van der Waals surface area contributed by atoms with Gasteiger partial charge in [0.15, 0.2) is 0 Å². The fraction of sp³-hybridized carbons (Fsp3) is 0.643. The Morgan fingerprint density at radius 3 is 3.12 bits per heavy atom. The first-order valence-electron chi connectivity index (χ1n) is 6.47. The van der Waals surface area contributed by atoms with E-state index in [1.165, 1.54) is 17.7 Å². The Kier molecular flexibility index (Phi) is 4.13. The highest BCUT2D eigenvalue weighted by molar-refractivity contribution is 5.30. The van der Waals surface area contributed by atoms with Crippen molar-refractivity contribution in [3.8, 4) is 0 Å². The van der Waals surface area contributed by atoms with E-state index in [0.717, 1.165) is 13.0 Å². The second-order valence-corrected chi connectivity index (χ2v) is 4.72. The lowest BCUT2D eigenvalue weighted by Gasteiger charge is -2.29. The maximum Gasteiger partial charge on any atom is 0.0702 e. The first-order valence-corrected chi connectivity index (χ1v) is 6.47. The van der Waals surface area contributed by atoms with Gasteiger partial charge in [-0.25, -0.2) is 0 Å². The largest absolute Gasteiger partial charge is 0.380 e. The number of aryl methyl sites for hydroxylation is 1. The van der Waals surface area contributed by atoms with Crippen LogP contribution in [0.25, 0.3) is 0 Å². The molecule has 3 atom stereocenters. The summed E-state index contributed by atoms with van der Waals surface area (Å²) in [5.41, 5.74) is 2.67. The minimum absolute atomic E-state index is 0.216. The number of hydrogen-bond acceptors (Lipinski definition) is 3. The number of fused-ring (bicyclic) bond motifs is 1. The summed E-state index contributed by atoms with van der Waals surface area (Å²) in [5, 5.41) is 3.55. The number of hydrogen-bond donors (Lipinski definition) is 1. The van der Waals surface area contributed by atoms with Gasteiger partial charge >= 0.3 is 0 Å². The summed E-state index contributed by atoms with van der Waals surface area (Å²) in [5.74, 6) is 0.487. The van der Waals surface area contributed by atoms with Gasteiger partial charge in [0.1, 0.15) is 0 Å². The molecule has 0 spiro atoms. The smallest absolute Gasteiger partial charge is 0.0702 e. The van der Waals surface area contributed by atoms with Crippen molar-refractivity contribution in [1.82, 2.24) is 10.3 Å². The lowest BCUT2D eigenvalue weighted by Crippen LogP contribution is -2.43. The first kappa shape index (κ1) is 12.5. The second kappa shape index (κ2) is 5.61. The summed E-state index contributed by atoms with van der Waals surface area (Å²) < 4.78 is 5.50. The molecule has 94 valence electrons. The predicted molar refractivity (Wildman–Crippen MR) is 69.2 cm³/mol. The van der Waals surface area contributed by atoms with E-state index in [2.05, 4.69) is 30.2 Å². The summed E-state index contributed by atoms with van der Waals surface area (Å²) in [6.07, 6.45) is 4.44. The van der Waals surface area contributed by atoms with Crippen LogP contribution in [0.3, 0.4) is 0 Å². The second-order valence-electron chi connectivity index (χ2n) is 4.72. The summed E-state index contributed by atoms with van der Waals surface area (Å²) in [6.45, 7) is 5.24. The van der Waals surface area contributed by atoms with Gasteiger partial charge in [0.2, 0.25) is 0 Å². The van der Waals surface area contributed by atoms with E-state index in [1.54, 1.807) is 7.11 Å². The highest BCUT2D eigenvalue weighted by Crippen LogP contribution is 2.35. The highest BCUT2D eigenvalue weighted by atomic mass is 16.5. The molecule has 1 aromatic rings. The first-order chi connectivity index (χ1) is 8.27. The SMILES string of the molecule is CCNC(C(C)OC)C1CCc2cccnc21. The molecule has 1 aliphatic carbocycles. The Bertz CT molecular complexity index is 367. The topological polar surface area (TPSA) is 34.1 Å². The monoisotopic (exact) mass is 234 g/mol. The number of aromatic nitrogens is 1. The van der Waals surface area contributed by atoms with Crippen molar-refractivity contribution in [3.05, 3.63) is 29.6 Å². The van der Waals surface area contributed by atoms with Crippen LogP contribution in [0.15, 0.2) is 18.3 Å². The van der Waals surface area contributed by atoms with Crippen LogP contribution in [0.2, 0.25) is 0 Å². The van der Waals surface area contributed by atoms with Crippen LogP contribution in [-0.4, -0.2) is 30.8 Å². The molecule has 0 saturated carbocycles. The molecule has 17 heavy (non-hydrogen) atoms. The third kappa shape index (κ3) is 2.50. The van der Waals surface area contributed by atoms with E-state index in [-0.39, 0.29) is 6.10 Å². The molecule has 1 aliphatic rings. The maximum absolute atomic E-state index is 5.50. The van der Waals surface area contributed by atoms with Crippen LogP contribution >= 0.6 is 0 Å². The zero-order chi connectivity index (χ0) is 12.3. The van der Waals surface area contributed by atoms with Crippen molar-refractivity contribution in [1.29, 1.82) is 0 Å². The number of pyridine rings is 1. The summed E-state index contributed by atoms with van der Waals surface area (Å²) in [6, 6.07) is 4.59. The molecule has 2 rings (SSSR count). The minimum atomic E-state index is 0.216. The van der Waals surface area contributed by atoms with Gasteiger partial charge in [0.05, 0.1) is 6.10 Å². The van der Waals surface area contributed by atoms with Gasteiger partial charge in [-0.1, -0.05) is 13.0 Å². The van der Waals surface area contributed by atoms with E-state index in [9.17, 15) is 0 Å². The average Bonchev–Trinajstić information content (AvgIpc) is 2.79. The normalized spacial score (nSPS) is 22.2. The van der Waals surface area contributed by atoms with Gasteiger partial charge in [0, 0.05) is 31.0 Å². The molecule has 0 aromatic carbocycles. The van der Waals surface area contributed by atoms with Crippen LogP contribution in [0, 0.1) is 0 Å². The number of rotatable bonds is 5. The Morgan fingerprint density at radius 1 is 1.59 bits per heavy atom. The molecule has 3 unspecified atom stereocenters.